The molecule has 1 unspecified atom stereocenters. The molecule has 1 atom stereocenters. The van der Waals surface area contributed by atoms with Crippen molar-refractivity contribution in [2.75, 3.05) is 12.8 Å². The summed E-state index contributed by atoms with van der Waals surface area (Å²) in [5.74, 6) is 0. The first-order chi connectivity index (χ1) is 11.0. The van der Waals surface area contributed by atoms with Gasteiger partial charge in [0.1, 0.15) is 0 Å². The Morgan fingerprint density at radius 3 is 2.43 bits per heavy atom. The zero-order chi connectivity index (χ0) is 16.3. The van der Waals surface area contributed by atoms with Crippen molar-refractivity contribution in [3.63, 3.8) is 0 Å². The molecule has 1 N–H and O–H groups in total. The molecule has 0 aromatic heterocycles. The van der Waals surface area contributed by atoms with Crippen LogP contribution in [0.4, 0.5) is 0 Å². The zero-order valence-electron chi connectivity index (χ0n) is 13.5. The average Bonchev–Trinajstić information content (AvgIpc) is 2.54. The Hall–Kier alpha value is -1.65. The third-order valence-electron chi connectivity index (χ3n) is 4.55. The minimum atomic E-state index is -3.10. The molecular weight excluding hydrogens is 306 g/mol. The van der Waals surface area contributed by atoms with Crippen molar-refractivity contribution in [2.24, 2.45) is 0 Å². The predicted octanol–water partition coefficient (Wildman–Crippen LogP) is 2.78. The minimum absolute atomic E-state index is 0.387. The van der Waals surface area contributed by atoms with Gasteiger partial charge >= 0.3 is 0 Å². The molecule has 23 heavy (non-hydrogen) atoms. The second-order valence-corrected chi connectivity index (χ2v) is 8.34. The van der Waals surface area contributed by atoms with E-state index in [0.717, 1.165) is 25.8 Å². The number of hydrogen-bond acceptors (Lipinski definition) is 3. The summed E-state index contributed by atoms with van der Waals surface area (Å²) < 4.78 is 22.9. The molecule has 4 heteroatoms. The molecule has 2 aromatic carbocycles. The molecule has 3 nitrogen and oxygen atoms in total. The van der Waals surface area contributed by atoms with Gasteiger partial charge in [-0.15, -0.1) is 0 Å². The van der Waals surface area contributed by atoms with E-state index in [1.165, 1.54) is 29.4 Å². The van der Waals surface area contributed by atoms with Crippen LogP contribution in [0.3, 0.4) is 0 Å². The summed E-state index contributed by atoms with van der Waals surface area (Å²) in [5.41, 5.74) is 4.12. The van der Waals surface area contributed by atoms with Crippen molar-refractivity contribution in [3.8, 4) is 0 Å². The van der Waals surface area contributed by atoms with Crippen LogP contribution < -0.4 is 5.32 Å². The molecule has 122 valence electrons. The standard InChI is InChI=1S/C19H23NO2S/c1-23(21,22)19-10-6-15(7-11-19)12-13-20-18-9-8-16-4-2-3-5-17(16)14-18/h2-7,10-11,18,20H,8-9,12-14H2,1H3. The van der Waals surface area contributed by atoms with Crippen molar-refractivity contribution >= 4 is 9.84 Å². The third-order valence-corrected chi connectivity index (χ3v) is 5.67. The Kier molecular flexibility index (Phi) is 4.83. The normalized spacial score (nSPS) is 17.7. The highest BCUT2D eigenvalue weighted by Gasteiger charge is 2.17. The van der Waals surface area contributed by atoms with Crippen LogP contribution in [0.1, 0.15) is 23.1 Å². The molecule has 1 aliphatic carbocycles. The molecule has 0 saturated carbocycles. The van der Waals surface area contributed by atoms with E-state index in [1.54, 1.807) is 12.1 Å². The van der Waals surface area contributed by atoms with Gasteiger partial charge in [0.2, 0.25) is 0 Å². The van der Waals surface area contributed by atoms with Crippen LogP contribution in [0, 0.1) is 0 Å². The van der Waals surface area contributed by atoms with E-state index in [4.69, 9.17) is 0 Å². The highest BCUT2D eigenvalue weighted by molar-refractivity contribution is 7.90. The molecule has 2 aromatic rings. The molecule has 0 saturated heterocycles. The van der Waals surface area contributed by atoms with Crippen LogP contribution in [0.15, 0.2) is 53.4 Å². The highest BCUT2D eigenvalue weighted by atomic mass is 32.2. The second kappa shape index (κ2) is 6.85. The number of fused-ring (bicyclic) bond motifs is 1. The Morgan fingerprint density at radius 1 is 1.04 bits per heavy atom. The van der Waals surface area contributed by atoms with Gasteiger partial charge in [-0.3, -0.25) is 0 Å². The maximum Gasteiger partial charge on any atom is 0.175 e. The summed E-state index contributed by atoms with van der Waals surface area (Å²) in [7, 11) is -3.10. The summed E-state index contributed by atoms with van der Waals surface area (Å²) in [6, 6.07) is 16.4. The quantitative estimate of drug-likeness (QED) is 0.917. The van der Waals surface area contributed by atoms with Crippen molar-refractivity contribution in [1.29, 1.82) is 0 Å². The van der Waals surface area contributed by atoms with Crippen LogP contribution in [0.25, 0.3) is 0 Å². The van der Waals surface area contributed by atoms with Gasteiger partial charge in [0, 0.05) is 12.3 Å². The smallest absolute Gasteiger partial charge is 0.175 e. The number of benzene rings is 2. The summed E-state index contributed by atoms with van der Waals surface area (Å²) in [5, 5.41) is 3.64. The first-order valence-electron chi connectivity index (χ1n) is 8.11. The van der Waals surface area contributed by atoms with Crippen molar-refractivity contribution in [2.45, 2.75) is 36.6 Å². The van der Waals surface area contributed by atoms with Crippen molar-refractivity contribution < 1.29 is 8.42 Å². The van der Waals surface area contributed by atoms with Crippen molar-refractivity contribution in [1.82, 2.24) is 5.32 Å². The molecular formula is C19H23NO2S. The SMILES string of the molecule is CS(=O)(=O)c1ccc(CCNC2CCc3ccccc3C2)cc1. The number of rotatable bonds is 5. The lowest BCUT2D eigenvalue weighted by molar-refractivity contribution is 0.461. The maximum absolute atomic E-state index is 11.5. The fourth-order valence-corrected chi connectivity index (χ4v) is 3.83. The maximum atomic E-state index is 11.5. The van der Waals surface area contributed by atoms with E-state index in [0.29, 0.717) is 10.9 Å². The molecule has 0 aliphatic heterocycles. The van der Waals surface area contributed by atoms with E-state index in [-0.39, 0.29) is 0 Å². The van der Waals surface area contributed by atoms with Gasteiger partial charge in [-0.25, -0.2) is 8.42 Å². The molecule has 0 radical (unpaired) electrons. The van der Waals surface area contributed by atoms with Gasteiger partial charge in [0.05, 0.1) is 4.90 Å². The largest absolute Gasteiger partial charge is 0.313 e. The Labute approximate surface area is 138 Å². The number of nitrogens with one attached hydrogen (secondary N) is 1. The van der Waals surface area contributed by atoms with E-state index in [2.05, 4.69) is 29.6 Å². The molecule has 3 rings (SSSR count). The van der Waals surface area contributed by atoms with Gasteiger partial charge in [0.25, 0.3) is 0 Å². The van der Waals surface area contributed by atoms with Gasteiger partial charge in [-0.1, -0.05) is 36.4 Å². The Morgan fingerprint density at radius 2 is 1.74 bits per heavy atom. The van der Waals surface area contributed by atoms with E-state index >= 15 is 0 Å². The minimum Gasteiger partial charge on any atom is -0.313 e. The van der Waals surface area contributed by atoms with E-state index in [1.807, 2.05) is 12.1 Å². The number of aryl methyl sites for hydroxylation is 1. The summed E-state index contributed by atoms with van der Waals surface area (Å²) >= 11 is 0. The van der Waals surface area contributed by atoms with Crippen LogP contribution in [-0.4, -0.2) is 27.3 Å². The topological polar surface area (TPSA) is 46.2 Å². The lowest BCUT2D eigenvalue weighted by Crippen LogP contribution is -2.35. The number of sulfone groups is 1. The highest BCUT2D eigenvalue weighted by Crippen LogP contribution is 2.21. The van der Waals surface area contributed by atoms with Crippen LogP contribution >= 0.6 is 0 Å². The van der Waals surface area contributed by atoms with Gasteiger partial charge < -0.3 is 5.32 Å². The van der Waals surface area contributed by atoms with Crippen LogP contribution in [0.5, 0.6) is 0 Å². The Bertz CT molecular complexity index is 766. The lowest BCUT2D eigenvalue weighted by Gasteiger charge is -2.25. The third kappa shape index (κ3) is 4.21. The summed E-state index contributed by atoms with van der Waals surface area (Å²) in [6.07, 6.45) is 5.59. The Balaban J connectivity index is 1.51. The van der Waals surface area contributed by atoms with Crippen LogP contribution in [0.2, 0.25) is 0 Å². The first kappa shape index (κ1) is 16.2. The zero-order valence-corrected chi connectivity index (χ0v) is 14.3. The average molecular weight is 329 g/mol. The monoisotopic (exact) mass is 329 g/mol. The molecule has 0 fully saturated rings. The fourth-order valence-electron chi connectivity index (χ4n) is 3.20. The molecule has 1 aliphatic rings. The van der Waals surface area contributed by atoms with Crippen LogP contribution in [-0.2, 0) is 29.1 Å². The lowest BCUT2D eigenvalue weighted by atomic mass is 9.88. The first-order valence-corrected chi connectivity index (χ1v) is 10.0. The van der Waals surface area contributed by atoms with E-state index < -0.39 is 9.84 Å². The van der Waals surface area contributed by atoms with Gasteiger partial charge in [-0.2, -0.15) is 0 Å². The molecule has 0 heterocycles. The summed E-state index contributed by atoms with van der Waals surface area (Å²) in [4.78, 5) is 0.387. The molecule has 0 bridgehead atoms. The molecule has 0 spiro atoms. The van der Waals surface area contributed by atoms with Gasteiger partial charge in [-0.05, 0) is 61.1 Å². The predicted molar refractivity (Wildman–Crippen MR) is 93.5 cm³/mol. The van der Waals surface area contributed by atoms with Gasteiger partial charge in [0.15, 0.2) is 9.84 Å². The molecule has 0 amide bonds. The summed E-state index contributed by atoms with van der Waals surface area (Å²) in [6.45, 7) is 0.922. The van der Waals surface area contributed by atoms with E-state index in [9.17, 15) is 8.42 Å². The fraction of sp³-hybridized carbons (Fsp3) is 0.368. The second-order valence-electron chi connectivity index (χ2n) is 6.33. The van der Waals surface area contributed by atoms with Crippen molar-refractivity contribution in [3.05, 3.63) is 65.2 Å². The number of hydrogen-bond donors (Lipinski definition) is 1.